The average molecular weight is 354 g/mol. The Morgan fingerprint density at radius 1 is 1.15 bits per heavy atom. The van der Waals surface area contributed by atoms with Crippen LogP contribution in [-0.4, -0.2) is 37.3 Å². The summed E-state index contributed by atoms with van der Waals surface area (Å²) >= 11 is 0. The summed E-state index contributed by atoms with van der Waals surface area (Å²) in [5, 5.41) is 19.8. The van der Waals surface area contributed by atoms with Crippen molar-refractivity contribution < 1.29 is 14.3 Å². The van der Waals surface area contributed by atoms with Gasteiger partial charge < -0.3 is 20.7 Å². The number of hydrogen-bond acceptors (Lipinski definition) is 6. The van der Waals surface area contributed by atoms with Gasteiger partial charge in [0.05, 0.1) is 12.7 Å². The van der Waals surface area contributed by atoms with Gasteiger partial charge in [0.2, 0.25) is 0 Å². The van der Waals surface area contributed by atoms with Crippen LogP contribution in [0.1, 0.15) is 5.56 Å². The highest BCUT2D eigenvalue weighted by Gasteiger charge is 2.05. The number of nitrogens with one attached hydrogen (secondary N) is 4. The Hall–Kier alpha value is -3.80. The first-order valence-electron chi connectivity index (χ1n) is 7.71. The zero-order valence-corrected chi connectivity index (χ0v) is 14.1. The molecule has 1 aromatic carbocycles. The molecule has 2 rings (SSSR count). The lowest BCUT2D eigenvalue weighted by Crippen LogP contribution is -2.32. The minimum absolute atomic E-state index is 0.327. The summed E-state index contributed by atoms with van der Waals surface area (Å²) in [4.78, 5) is 27.2. The summed E-state index contributed by atoms with van der Waals surface area (Å²) in [6.45, 7) is 0.733. The van der Waals surface area contributed by atoms with E-state index in [0.717, 1.165) is 0 Å². The quantitative estimate of drug-likeness (QED) is 0.590. The highest BCUT2D eigenvalue weighted by atomic mass is 16.5. The number of benzene rings is 1. The van der Waals surface area contributed by atoms with Crippen LogP contribution in [0.3, 0.4) is 0 Å². The first-order valence-corrected chi connectivity index (χ1v) is 7.71. The van der Waals surface area contributed by atoms with Gasteiger partial charge in [0, 0.05) is 30.7 Å². The molecular formula is C17H18N6O3. The molecule has 0 spiro atoms. The normalized spacial score (nSPS) is 9.54. The van der Waals surface area contributed by atoms with E-state index < -0.39 is 12.1 Å². The van der Waals surface area contributed by atoms with Crippen molar-refractivity contribution in [1.29, 1.82) is 5.26 Å². The van der Waals surface area contributed by atoms with Crippen molar-refractivity contribution in [2.24, 2.45) is 0 Å². The molecule has 9 nitrogen and oxygen atoms in total. The maximum Gasteiger partial charge on any atom is 0.411 e. The summed E-state index contributed by atoms with van der Waals surface area (Å²) < 4.78 is 4.51. The van der Waals surface area contributed by atoms with Crippen LogP contribution in [0.15, 0.2) is 42.6 Å². The summed E-state index contributed by atoms with van der Waals surface area (Å²) in [5.41, 5.74) is 1.45. The number of rotatable bonds is 6. The molecule has 0 unspecified atom stereocenters. The third kappa shape index (κ3) is 5.68. The smallest absolute Gasteiger partial charge is 0.411 e. The maximum atomic E-state index is 11.9. The highest BCUT2D eigenvalue weighted by Crippen LogP contribution is 2.15. The Morgan fingerprint density at radius 3 is 2.65 bits per heavy atom. The SMILES string of the molecule is COC(=O)Nc1cccc(NC(=O)NCCNc2ncccc2C#N)c1. The number of amides is 3. The van der Waals surface area contributed by atoms with E-state index in [0.29, 0.717) is 35.8 Å². The van der Waals surface area contributed by atoms with Crippen LogP contribution < -0.4 is 21.3 Å². The number of hydrogen-bond donors (Lipinski definition) is 4. The van der Waals surface area contributed by atoms with Crippen molar-refractivity contribution in [3.63, 3.8) is 0 Å². The van der Waals surface area contributed by atoms with Gasteiger partial charge in [-0.1, -0.05) is 6.07 Å². The molecule has 134 valence electrons. The van der Waals surface area contributed by atoms with Crippen molar-refractivity contribution in [2.75, 3.05) is 36.1 Å². The van der Waals surface area contributed by atoms with Gasteiger partial charge in [-0.3, -0.25) is 5.32 Å². The summed E-state index contributed by atoms with van der Waals surface area (Å²) in [5.74, 6) is 0.471. The molecule has 2 aromatic rings. The van der Waals surface area contributed by atoms with Crippen LogP contribution in [0.25, 0.3) is 0 Å². The van der Waals surface area contributed by atoms with E-state index in [2.05, 4.69) is 31.0 Å². The van der Waals surface area contributed by atoms with Gasteiger partial charge in [-0.05, 0) is 30.3 Å². The van der Waals surface area contributed by atoms with Gasteiger partial charge in [0.25, 0.3) is 0 Å². The number of carbonyl (C=O) groups excluding carboxylic acids is 2. The first kappa shape index (κ1) is 18.5. The number of nitriles is 1. The molecule has 0 bridgehead atoms. The molecule has 0 saturated heterocycles. The van der Waals surface area contributed by atoms with Gasteiger partial charge in [-0.15, -0.1) is 0 Å². The molecular weight excluding hydrogens is 336 g/mol. The number of aromatic nitrogens is 1. The third-order valence-electron chi connectivity index (χ3n) is 3.18. The number of nitrogens with zero attached hydrogens (tertiary/aromatic N) is 2. The molecule has 0 aliphatic heterocycles. The lowest BCUT2D eigenvalue weighted by molar-refractivity contribution is 0.187. The molecule has 0 aliphatic rings. The number of methoxy groups -OCH3 is 1. The van der Waals surface area contributed by atoms with E-state index in [9.17, 15) is 9.59 Å². The van der Waals surface area contributed by atoms with Crippen LogP contribution in [-0.2, 0) is 4.74 Å². The van der Waals surface area contributed by atoms with Gasteiger partial charge in [-0.25, -0.2) is 14.6 Å². The lowest BCUT2D eigenvalue weighted by atomic mass is 10.3. The zero-order valence-electron chi connectivity index (χ0n) is 14.1. The molecule has 9 heteroatoms. The lowest BCUT2D eigenvalue weighted by Gasteiger charge is -2.10. The highest BCUT2D eigenvalue weighted by molar-refractivity contribution is 5.91. The maximum absolute atomic E-state index is 11.9. The van der Waals surface area contributed by atoms with Crippen molar-refractivity contribution in [3.8, 4) is 6.07 Å². The number of urea groups is 1. The van der Waals surface area contributed by atoms with E-state index in [1.54, 1.807) is 42.6 Å². The van der Waals surface area contributed by atoms with Crippen LogP contribution in [0, 0.1) is 11.3 Å². The van der Waals surface area contributed by atoms with Gasteiger partial charge >= 0.3 is 12.1 Å². The van der Waals surface area contributed by atoms with Crippen molar-refractivity contribution in [1.82, 2.24) is 10.3 Å². The molecule has 0 atom stereocenters. The predicted octanol–water partition coefficient (Wildman–Crippen LogP) is 2.37. The Labute approximate surface area is 150 Å². The largest absolute Gasteiger partial charge is 0.453 e. The standard InChI is InChI=1S/C17H18N6O3/c1-26-17(25)23-14-6-2-5-13(10-14)22-16(24)21-9-8-20-15-12(11-18)4-3-7-19-15/h2-7,10H,8-9H2,1H3,(H,19,20)(H,23,25)(H2,21,22,24). The van der Waals surface area contributed by atoms with Gasteiger partial charge in [0.1, 0.15) is 11.9 Å². The minimum Gasteiger partial charge on any atom is -0.453 e. The molecule has 1 heterocycles. The third-order valence-corrected chi connectivity index (χ3v) is 3.18. The minimum atomic E-state index is -0.594. The predicted molar refractivity (Wildman–Crippen MR) is 96.9 cm³/mol. The second-order valence-electron chi connectivity index (χ2n) is 5.02. The van der Waals surface area contributed by atoms with E-state index in [4.69, 9.17) is 5.26 Å². The van der Waals surface area contributed by atoms with E-state index in [1.165, 1.54) is 7.11 Å². The number of anilines is 3. The fraction of sp³-hybridized carbons (Fsp3) is 0.176. The van der Waals surface area contributed by atoms with Crippen LogP contribution in [0.2, 0.25) is 0 Å². The Balaban J connectivity index is 1.78. The summed E-state index contributed by atoms with van der Waals surface area (Å²) in [7, 11) is 1.27. The van der Waals surface area contributed by atoms with E-state index in [-0.39, 0.29) is 0 Å². The monoisotopic (exact) mass is 354 g/mol. The van der Waals surface area contributed by atoms with E-state index >= 15 is 0 Å². The van der Waals surface area contributed by atoms with Crippen molar-refractivity contribution >= 4 is 29.3 Å². The van der Waals surface area contributed by atoms with Crippen LogP contribution in [0.5, 0.6) is 0 Å². The van der Waals surface area contributed by atoms with Gasteiger partial charge in [0.15, 0.2) is 0 Å². The summed E-state index contributed by atoms with van der Waals surface area (Å²) in [6, 6.07) is 11.6. The van der Waals surface area contributed by atoms with Crippen LogP contribution in [0.4, 0.5) is 26.8 Å². The molecule has 0 saturated carbocycles. The second kappa shape index (κ2) is 9.48. The number of ether oxygens (including phenoxy) is 1. The fourth-order valence-corrected chi connectivity index (χ4v) is 2.01. The molecule has 0 radical (unpaired) electrons. The Bertz CT molecular complexity index is 818. The fourth-order valence-electron chi connectivity index (χ4n) is 2.01. The number of pyridine rings is 1. The number of carbonyl (C=O) groups is 2. The molecule has 4 N–H and O–H groups in total. The zero-order chi connectivity index (χ0) is 18.8. The molecule has 0 fully saturated rings. The van der Waals surface area contributed by atoms with Crippen molar-refractivity contribution in [2.45, 2.75) is 0 Å². The van der Waals surface area contributed by atoms with Crippen LogP contribution >= 0.6 is 0 Å². The first-order chi connectivity index (χ1) is 12.6. The van der Waals surface area contributed by atoms with Crippen molar-refractivity contribution in [3.05, 3.63) is 48.2 Å². The Kier molecular flexibility index (Phi) is 6.76. The average Bonchev–Trinajstić information content (AvgIpc) is 2.65. The van der Waals surface area contributed by atoms with Gasteiger partial charge in [-0.2, -0.15) is 5.26 Å². The second-order valence-corrected chi connectivity index (χ2v) is 5.02. The molecule has 3 amide bonds. The Morgan fingerprint density at radius 2 is 1.92 bits per heavy atom. The summed E-state index contributed by atoms with van der Waals surface area (Å²) in [6.07, 6.45) is 0.988. The molecule has 26 heavy (non-hydrogen) atoms. The van der Waals surface area contributed by atoms with E-state index in [1.807, 2.05) is 6.07 Å². The molecule has 0 aliphatic carbocycles. The topological polar surface area (TPSA) is 128 Å². The molecule has 1 aromatic heterocycles.